The molecule has 3 aromatic heterocycles. The Balaban J connectivity index is 1.57. The van der Waals surface area contributed by atoms with Gasteiger partial charge in [-0.15, -0.1) is 4.80 Å². The van der Waals surface area contributed by atoms with E-state index in [9.17, 15) is 23.9 Å². The molecule has 1 saturated heterocycles. The quantitative estimate of drug-likeness (QED) is 0.332. The van der Waals surface area contributed by atoms with Crippen molar-refractivity contribution in [2.24, 2.45) is 0 Å². The lowest BCUT2D eigenvalue weighted by Crippen LogP contribution is -2.45. The summed E-state index contributed by atoms with van der Waals surface area (Å²) < 4.78 is 28.8. The van der Waals surface area contributed by atoms with Crippen molar-refractivity contribution < 1.29 is 23.8 Å². The third-order valence-corrected chi connectivity index (χ3v) is 9.12. The van der Waals surface area contributed by atoms with Gasteiger partial charge in [0.2, 0.25) is 5.91 Å². The fourth-order valence-electron chi connectivity index (χ4n) is 5.56. The van der Waals surface area contributed by atoms with E-state index in [4.69, 9.17) is 9.47 Å². The van der Waals surface area contributed by atoms with Gasteiger partial charge in [0.1, 0.15) is 33.5 Å². The molecule has 2 atom stereocenters. The number of likely N-dealkylation sites (N-methyl/N-ethyl adjacent to an activating group) is 1. The minimum Gasteiger partial charge on any atom is -0.496 e. The number of aliphatic hydroxyl groups is 1. The monoisotopic (exact) mass is 584 g/mol. The van der Waals surface area contributed by atoms with Gasteiger partial charge in [0.25, 0.3) is 5.56 Å². The Labute approximate surface area is 237 Å². The van der Waals surface area contributed by atoms with Crippen LogP contribution in [-0.4, -0.2) is 73.0 Å². The zero-order valence-corrected chi connectivity index (χ0v) is 23.5. The van der Waals surface area contributed by atoms with Gasteiger partial charge in [-0.25, -0.2) is 13.8 Å². The summed E-state index contributed by atoms with van der Waals surface area (Å²) in [7, 11) is 3.09. The average Bonchev–Trinajstić information content (AvgIpc) is 3.66. The number of likely N-dealkylation sites (tertiary alicyclic amines) is 1. The number of fused-ring (bicyclic) bond motifs is 1. The van der Waals surface area contributed by atoms with Crippen LogP contribution in [-0.2, 0) is 16.1 Å². The fourth-order valence-corrected chi connectivity index (χ4v) is 6.78. The van der Waals surface area contributed by atoms with Crippen LogP contribution in [0.25, 0.3) is 15.2 Å². The number of ether oxygens (including phenoxy) is 2. The summed E-state index contributed by atoms with van der Waals surface area (Å²) in [6.45, 7) is 2.05. The van der Waals surface area contributed by atoms with Crippen molar-refractivity contribution in [2.45, 2.75) is 57.1 Å². The van der Waals surface area contributed by atoms with Crippen LogP contribution < -0.4 is 16.0 Å². The minimum absolute atomic E-state index is 0.106. The molecule has 4 aromatic rings. The maximum Gasteiger partial charge on any atom is 0.332 e. The van der Waals surface area contributed by atoms with Crippen molar-refractivity contribution in [2.75, 3.05) is 20.7 Å². The largest absolute Gasteiger partial charge is 0.496 e. The van der Waals surface area contributed by atoms with Gasteiger partial charge < -0.3 is 19.5 Å². The van der Waals surface area contributed by atoms with Crippen molar-refractivity contribution >= 4 is 27.5 Å². The predicted molar refractivity (Wildman–Crippen MR) is 147 cm³/mol. The molecule has 216 valence electrons. The van der Waals surface area contributed by atoms with E-state index in [2.05, 4.69) is 10.2 Å². The molecule has 4 heterocycles. The summed E-state index contributed by atoms with van der Waals surface area (Å²) in [5.41, 5.74) is -0.291. The molecule has 14 heteroatoms. The number of benzene rings is 1. The van der Waals surface area contributed by atoms with E-state index in [1.165, 1.54) is 63.3 Å². The van der Waals surface area contributed by atoms with Gasteiger partial charge in [0.15, 0.2) is 0 Å². The molecule has 1 aliphatic heterocycles. The lowest BCUT2D eigenvalue weighted by Gasteiger charge is -2.35. The Morgan fingerprint density at radius 3 is 2.56 bits per heavy atom. The maximum absolute atomic E-state index is 14.5. The van der Waals surface area contributed by atoms with Crippen molar-refractivity contribution in [1.29, 1.82) is 0 Å². The summed E-state index contributed by atoms with van der Waals surface area (Å²) >= 11 is 1.17. The van der Waals surface area contributed by atoms with Crippen molar-refractivity contribution in [1.82, 2.24) is 29.0 Å². The number of amides is 1. The zero-order valence-electron chi connectivity index (χ0n) is 22.7. The highest BCUT2D eigenvalue weighted by Crippen LogP contribution is 2.37. The molecule has 1 N–H and O–H groups in total. The smallest absolute Gasteiger partial charge is 0.332 e. The van der Waals surface area contributed by atoms with Crippen molar-refractivity contribution in [3.8, 4) is 10.8 Å². The van der Waals surface area contributed by atoms with Crippen LogP contribution >= 0.6 is 11.3 Å². The molecule has 0 radical (unpaired) electrons. The number of carbonyl (C=O) groups excluding carboxylic acids is 1. The van der Waals surface area contributed by atoms with E-state index < -0.39 is 35.3 Å². The van der Waals surface area contributed by atoms with Gasteiger partial charge >= 0.3 is 5.69 Å². The highest BCUT2D eigenvalue weighted by atomic mass is 32.1. The van der Waals surface area contributed by atoms with Gasteiger partial charge in [0.05, 0.1) is 43.6 Å². The second-order valence-electron chi connectivity index (χ2n) is 10.4. The number of carbonyl (C=O) groups is 1. The zero-order chi connectivity index (χ0) is 29.0. The molecule has 0 unspecified atom stereocenters. The lowest BCUT2D eigenvalue weighted by atomic mass is 9.92. The minimum atomic E-state index is -0.953. The number of halogens is 1. The molecular weight excluding hydrogens is 555 g/mol. The Morgan fingerprint density at radius 1 is 1.20 bits per heavy atom. The third kappa shape index (κ3) is 4.65. The molecular formula is C27H29FN6O6S. The summed E-state index contributed by atoms with van der Waals surface area (Å²) in [5, 5.41) is 19.1. The Hall–Kier alpha value is -3.88. The molecule has 1 amide bonds. The maximum atomic E-state index is 14.5. The number of aliphatic hydroxyl groups excluding tert-OH is 1. The van der Waals surface area contributed by atoms with Gasteiger partial charge in [-0.05, 0) is 44.4 Å². The first-order chi connectivity index (χ1) is 19.7. The van der Waals surface area contributed by atoms with Crippen LogP contribution in [0.4, 0.5) is 4.39 Å². The number of aryl methyl sites for hydroxylation is 1. The molecule has 2 fully saturated rings. The van der Waals surface area contributed by atoms with Crippen LogP contribution in [0.2, 0.25) is 0 Å². The van der Waals surface area contributed by atoms with Crippen molar-refractivity contribution in [3.63, 3.8) is 0 Å². The number of rotatable bonds is 8. The van der Waals surface area contributed by atoms with Gasteiger partial charge in [-0.3, -0.25) is 14.2 Å². The Kier molecular flexibility index (Phi) is 6.99. The molecule has 41 heavy (non-hydrogen) atoms. The van der Waals surface area contributed by atoms with E-state index in [0.717, 1.165) is 4.57 Å². The summed E-state index contributed by atoms with van der Waals surface area (Å²) in [6.07, 6.45) is 2.43. The second kappa shape index (κ2) is 10.5. The molecule has 2 aliphatic rings. The van der Waals surface area contributed by atoms with Crippen LogP contribution in [0, 0.1) is 12.7 Å². The Bertz CT molecular complexity index is 1740. The lowest BCUT2D eigenvalue weighted by molar-refractivity contribution is -0.129. The number of thiophene rings is 1. The SMILES string of the molecule is COc1ccc(F)cc1[C@H](Cn1c(=O)n([C@@H]2CCN(C)C2=O)c(=O)c2c(C)c(-n3nccn3)sc21)O[C@H]1C[C@H](O)C1. The second-order valence-corrected chi connectivity index (χ2v) is 11.4. The molecule has 1 aliphatic carbocycles. The molecule has 0 spiro atoms. The van der Waals surface area contributed by atoms with E-state index in [-0.39, 0.29) is 23.9 Å². The van der Waals surface area contributed by atoms with Crippen LogP contribution in [0.5, 0.6) is 5.75 Å². The average molecular weight is 585 g/mol. The molecule has 0 bridgehead atoms. The van der Waals surface area contributed by atoms with E-state index in [0.29, 0.717) is 52.5 Å². The molecule has 1 saturated carbocycles. The first-order valence-electron chi connectivity index (χ1n) is 13.2. The third-order valence-electron chi connectivity index (χ3n) is 7.84. The van der Waals surface area contributed by atoms with Gasteiger partial charge in [0, 0.05) is 24.7 Å². The molecule has 1 aromatic carbocycles. The first kappa shape index (κ1) is 27.3. The number of nitrogens with zero attached hydrogens (tertiary/aromatic N) is 6. The highest BCUT2D eigenvalue weighted by molar-refractivity contribution is 7.21. The van der Waals surface area contributed by atoms with Crippen LogP contribution in [0.3, 0.4) is 0 Å². The summed E-state index contributed by atoms with van der Waals surface area (Å²) in [6, 6.07) is 3.10. The van der Waals surface area contributed by atoms with Crippen LogP contribution in [0.1, 0.15) is 42.5 Å². The molecule has 12 nitrogen and oxygen atoms in total. The standard InChI is InChI=1S/C27H29FN6O6S/c1-14-22-24(37)33(19-6-9-31(2)23(19)36)27(38)32(26(22)41-25(14)34-29-7-8-30-34)13-21(40-17-11-16(35)12-17)18-10-15(28)4-5-20(18)39-3/h4-5,7-8,10,16-17,19,21,35H,6,9,11-13H2,1-3H3/t16-,17-,19-,21+/m1/s1. The van der Waals surface area contributed by atoms with Crippen LogP contribution in [0.15, 0.2) is 40.2 Å². The highest BCUT2D eigenvalue weighted by Gasteiger charge is 2.36. The Morgan fingerprint density at radius 2 is 1.93 bits per heavy atom. The first-order valence-corrected chi connectivity index (χ1v) is 14.1. The number of aromatic nitrogens is 5. The van der Waals surface area contributed by atoms with Crippen molar-refractivity contribution in [3.05, 3.63) is 68.4 Å². The summed E-state index contributed by atoms with van der Waals surface area (Å²) in [4.78, 5) is 44.4. The normalized spacial score (nSPS) is 21.4. The predicted octanol–water partition coefficient (Wildman–Crippen LogP) is 1.95. The topological polar surface area (TPSA) is 134 Å². The number of methoxy groups -OCH3 is 1. The fraction of sp³-hybridized carbons (Fsp3) is 0.444. The molecule has 6 rings (SSSR count). The van der Waals surface area contributed by atoms with E-state index in [1.54, 1.807) is 14.0 Å². The van der Waals surface area contributed by atoms with Gasteiger partial charge in [-0.1, -0.05) is 11.3 Å². The van der Waals surface area contributed by atoms with Gasteiger partial charge in [-0.2, -0.15) is 10.2 Å². The number of hydrogen-bond acceptors (Lipinski definition) is 9. The number of hydrogen-bond donors (Lipinski definition) is 1. The van der Waals surface area contributed by atoms with E-state index >= 15 is 0 Å². The van der Waals surface area contributed by atoms with E-state index in [1.807, 2.05) is 0 Å². The summed E-state index contributed by atoms with van der Waals surface area (Å²) in [5.74, 6) is -0.464.